The Morgan fingerprint density at radius 2 is 1.27 bits per heavy atom. The zero-order chi connectivity index (χ0) is 24.8. The zero-order valence-electron chi connectivity index (χ0n) is 21.1. The summed E-state index contributed by atoms with van der Waals surface area (Å²) in [5.41, 5.74) is 0. The number of ether oxygens (including phenoxy) is 3. The van der Waals surface area contributed by atoms with Gasteiger partial charge in [-0.3, -0.25) is 0 Å². The maximum atomic E-state index is 9.92. The molecule has 1 aliphatic heterocycles. The topological polar surface area (TPSA) is 82.1 Å². The lowest BCUT2D eigenvalue weighted by Gasteiger charge is -2.02. The van der Waals surface area contributed by atoms with Gasteiger partial charge in [0.15, 0.2) is 0 Å². The van der Waals surface area contributed by atoms with Crippen LogP contribution in [-0.2, 0) is 23.8 Å². The number of carbonyl (C=O) groups excluding carboxylic acids is 2. The van der Waals surface area contributed by atoms with Crippen LogP contribution in [0, 0.1) is 0 Å². The number of aliphatic hydroxyl groups excluding tert-OH is 1. The smallest absolute Gasteiger partial charge is 0.338 e. The summed E-state index contributed by atoms with van der Waals surface area (Å²) in [4.78, 5) is 19.8. The standard InChI is InChI=1S/C20H40O2.C4H2O3.C3H6O/c1-2-3-4-5-6-7-8-9-10-11-12-13-14-15-16-17-19-22-20-18-21;5-3-1-2-4(6)7-3;1-3-4-2/h9-10,21H,2-8,11-20H2,1H3;1-2H;3H,1H2,2H3/b10-9+;;. The van der Waals surface area contributed by atoms with Crippen LogP contribution in [0.25, 0.3) is 0 Å². The number of carbonyl (C=O) groups is 2. The van der Waals surface area contributed by atoms with Crippen molar-refractivity contribution in [2.75, 3.05) is 26.9 Å². The van der Waals surface area contributed by atoms with E-state index in [1.54, 1.807) is 7.11 Å². The first kappa shape index (κ1) is 33.3. The Morgan fingerprint density at radius 3 is 1.67 bits per heavy atom. The fourth-order valence-corrected chi connectivity index (χ4v) is 2.92. The van der Waals surface area contributed by atoms with Gasteiger partial charge in [0.1, 0.15) is 0 Å². The number of unbranched alkanes of at least 4 members (excludes halogenated alkanes) is 12. The Hall–Kier alpha value is -1.92. The molecule has 0 fully saturated rings. The van der Waals surface area contributed by atoms with Crippen molar-refractivity contribution in [3.63, 3.8) is 0 Å². The third-order valence-electron chi connectivity index (χ3n) is 4.76. The summed E-state index contributed by atoms with van der Waals surface area (Å²) in [6.45, 7) is 6.97. The number of hydrogen-bond donors (Lipinski definition) is 1. The van der Waals surface area contributed by atoms with Gasteiger partial charge in [0.2, 0.25) is 0 Å². The molecule has 192 valence electrons. The van der Waals surface area contributed by atoms with Crippen LogP contribution in [0.2, 0.25) is 0 Å². The maximum absolute atomic E-state index is 9.92. The molecule has 0 aliphatic carbocycles. The Balaban J connectivity index is 0. The lowest BCUT2D eigenvalue weighted by molar-refractivity contribution is -0.150. The van der Waals surface area contributed by atoms with Crippen molar-refractivity contribution in [3.05, 3.63) is 37.1 Å². The second-order valence-corrected chi connectivity index (χ2v) is 7.75. The van der Waals surface area contributed by atoms with Crippen molar-refractivity contribution < 1.29 is 28.9 Å². The number of rotatable bonds is 19. The molecule has 33 heavy (non-hydrogen) atoms. The van der Waals surface area contributed by atoms with Gasteiger partial charge in [-0.05, 0) is 32.1 Å². The van der Waals surface area contributed by atoms with Crippen LogP contribution in [0.15, 0.2) is 37.1 Å². The largest absolute Gasteiger partial charge is 0.505 e. The number of allylic oxidation sites excluding steroid dienone is 2. The number of aliphatic hydroxyl groups is 1. The van der Waals surface area contributed by atoms with Gasteiger partial charge in [0, 0.05) is 18.8 Å². The lowest BCUT2D eigenvalue weighted by Crippen LogP contribution is -2.00. The lowest BCUT2D eigenvalue weighted by atomic mass is 10.1. The molecular formula is C27H48O6. The molecule has 0 spiro atoms. The zero-order valence-corrected chi connectivity index (χ0v) is 21.1. The summed E-state index contributed by atoms with van der Waals surface area (Å²) >= 11 is 0. The highest BCUT2D eigenvalue weighted by molar-refractivity contribution is 6.04. The Morgan fingerprint density at radius 1 is 0.818 bits per heavy atom. The van der Waals surface area contributed by atoms with Crippen LogP contribution in [0.5, 0.6) is 0 Å². The highest BCUT2D eigenvalue weighted by Crippen LogP contribution is 2.09. The van der Waals surface area contributed by atoms with Gasteiger partial charge in [0.25, 0.3) is 0 Å². The third-order valence-corrected chi connectivity index (χ3v) is 4.76. The number of esters is 2. The van der Waals surface area contributed by atoms with Crippen LogP contribution in [0.1, 0.15) is 96.8 Å². The van der Waals surface area contributed by atoms with E-state index in [0.717, 1.165) is 25.2 Å². The number of hydrogen-bond acceptors (Lipinski definition) is 6. The minimum atomic E-state index is -0.579. The number of methoxy groups -OCH3 is 1. The average molecular weight is 469 g/mol. The molecule has 0 atom stereocenters. The van der Waals surface area contributed by atoms with Crippen molar-refractivity contribution in [2.24, 2.45) is 0 Å². The summed E-state index contributed by atoms with van der Waals surface area (Å²) in [5, 5.41) is 8.57. The minimum absolute atomic E-state index is 0.145. The van der Waals surface area contributed by atoms with Crippen LogP contribution in [0.4, 0.5) is 0 Å². The molecule has 0 unspecified atom stereocenters. The molecular weight excluding hydrogens is 420 g/mol. The monoisotopic (exact) mass is 468 g/mol. The highest BCUT2D eigenvalue weighted by atomic mass is 16.6. The Bertz CT molecular complexity index is 483. The summed E-state index contributed by atoms with van der Waals surface area (Å²) in [7, 11) is 1.56. The quantitative estimate of drug-likeness (QED) is 0.0773. The van der Waals surface area contributed by atoms with Crippen molar-refractivity contribution >= 4 is 11.9 Å². The van der Waals surface area contributed by atoms with E-state index in [1.807, 2.05) is 0 Å². The second kappa shape index (κ2) is 30.1. The van der Waals surface area contributed by atoms with Gasteiger partial charge < -0.3 is 19.3 Å². The van der Waals surface area contributed by atoms with Crippen molar-refractivity contribution in [1.29, 1.82) is 0 Å². The predicted molar refractivity (Wildman–Crippen MR) is 135 cm³/mol. The molecule has 1 N–H and O–H groups in total. The summed E-state index contributed by atoms with van der Waals surface area (Å²) < 4.78 is 13.5. The highest BCUT2D eigenvalue weighted by Gasteiger charge is 2.10. The average Bonchev–Trinajstić information content (AvgIpc) is 3.21. The molecule has 0 aromatic heterocycles. The SMILES string of the molecule is C=COC.CCCCCCCC/C=C/CCCCCCCCOCCO.O=C1C=CC(=O)O1. The molecule has 1 aliphatic rings. The molecule has 0 radical (unpaired) electrons. The first-order valence-corrected chi connectivity index (χ1v) is 12.5. The summed E-state index contributed by atoms with van der Waals surface area (Å²) in [6, 6.07) is 0. The van der Waals surface area contributed by atoms with Gasteiger partial charge in [-0.2, -0.15) is 0 Å². The molecule has 0 bridgehead atoms. The molecule has 6 nitrogen and oxygen atoms in total. The molecule has 0 saturated heterocycles. The molecule has 0 saturated carbocycles. The van der Waals surface area contributed by atoms with E-state index in [-0.39, 0.29) is 6.61 Å². The van der Waals surface area contributed by atoms with Gasteiger partial charge in [-0.1, -0.05) is 83.4 Å². The molecule has 1 rings (SSSR count). The molecule has 0 aromatic rings. The summed E-state index contributed by atoms with van der Waals surface area (Å²) in [6.07, 6.45) is 27.0. The molecule has 0 amide bonds. The maximum Gasteiger partial charge on any atom is 0.338 e. The molecule has 6 heteroatoms. The Kier molecular flexibility index (Phi) is 30.3. The first-order valence-electron chi connectivity index (χ1n) is 12.5. The molecule has 0 aromatic carbocycles. The normalized spacial score (nSPS) is 12.1. The number of cyclic esters (lactones) is 2. The van der Waals surface area contributed by atoms with Crippen LogP contribution < -0.4 is 0 Å². The van der Waals surface area contributed by atoms with Crippen LogP contribution in [0.3, 0.4) is 0 Å². The minimum Gasteiger partial charge on any atom is -0.505 e. The van der Waals surface area contributed by atoms with E-state index in [9.17, 15) is 9.59 Å². The van der Waals surface area contributed by atoms with Gasteiger partial charge >= 0.3 is 11.9 Å². The van der Waals surface area contributed by atoms with E-state index >= 15 is 0 Å². The van der Waals surface area contributed by atoms with Crippen molar-refractivity contribution in [2.45, 2.75) is 96.8 Å². The van der Waals surface area contributed by atoms with Crippen LogP contribution in [-0.4, -0.2) is 44.0 Å². The van der Waals surface area contributed by atoms with E-state index in [4.69, 9.17) is 9.84 Å². The van der Waals surface area contributed by atoms with E-state index in [1.165, 1.54) is 89.7 Å². The first-order chi connectivity index (χ1) is 16.1. The van der Waals surface area contributed by atoms with Crippen molar-refractivity contribution in [1.82, 2.24) is 0 Å². The molecule has 1 heterocycles. The second-order valence-electron chi connectivity index (χ2n) is 7.75. The predicted octanol–water partition coefficient (Wildman–Crippen LogP) is 6.44. The third kappa shape index (κ3) is 32.3. The van der Waals surface area contributed by atoms with Gasteiger partial charge in [-0.15, -0.1) is 0 Å². The Labute approximate surface area is 202 Å². The van der Waals surface area contributed by atoms with E-state index in [0.29, 0.717) is 6.61 Å². The summed E-state index contributed by atoms with van der Waals surface area (Å²) in [5.74, 6) is -1.16. The van der Waals surface area contributed by atoms with Gasteiger partial charge in [0.05, 0.1) is 26.6 Å². The van der Waals surface area contributed by atoms with Gasteiger partial charge in [-0.25, -0.2) is 9.59 Å². The fourth-order valence-electron chi connectivity index (χ4n) is 2.92. The van der Waals surface area contributed by atoms with E-state index in [2.05, 4.69) is 35.1 Å². The fraction of sp³-hybridized carbons (Fsp3) is 0.704. The van der Waals surface area contributed by atoms with Crippen LogP contribution >= 0.6 is 0 Å². The van der Waals surface area contributed by atoms with E-state index < -0.39 is 11.9 Å². The van der Waals surface area contributed by atoms with Crippen molar-refractivity contribution in [3.8, 4) is 0 Å².